The third kappa shape index (κ3) is 2.45. The van der Waals surface area contributed by atoms with E-state index in [9.17, 15) is 4.39 Å². The summed E-state index contributed by atoms with van der Waals surface area (Å²) in [7, 11) is 0. The number of para-hydroxylation sites is 2. The van der Waals surface area contributed by atoms with Crippen molar-refractivity contribution in [2.24, 2.45) is 0 Å². The molecule has 0 fully saturated rings. The Labute approximate surface area is 207 Å². The molecule has 0 saturated heterocycles. The highest BCUT2D eigenvalue weighted by atomic mass is 19.1. The van der Waals surface area contributed by atoms with Crippen LogP contribution in [0.25, 0.3) is 60.6 Å². The van der Waals surface area contributed by atoms with Crippen LogP contribution in [0.3, 0.4) is 0 Å². The van der Waals surface area contributed by atoms with E-state index in [0.29, 0.717) is 0 Å². The predicted octanol–water partition coefficient (Wildman–Crippen LogP) is 9.13. The minimum atomic E-state index is -0.248. The monoisotopic (exact) mass is 467 g/mol. The van der Waals surface area contributed by atoms with Gasteiger partial charge in [-0.1, -0.05) is 50.2 Å². The first kappa shape index (κ1) is 19.9. The molecular formula is C33H22FNO. The molecule has 0 unspecified atom stereocenters. The quantitative estimate of drug-likeness (QED) is 0.235. The number of hydrogen-bond donors (Lipinski definition) is 0. The first-order chi connectivity index (χ1) is 17.5. The number of benzene rings is 5. The van der Waals surface area contributed by atoms with Crippen molar-refractivity contribution in [3.63, 3.8) is 0 Å². The minimum absolute atomic E-state index is 0.199. The van der Waals surface area contributed by atoms with Crippen LogP contribution in [0.15, 0.2) is 101 Å². The Morgan fingerprint density at radius 2 is 1.31 bits per heavy atom. The Balaban J connectivity index is 1.49. The molecule has 1 aliphatic carbocycles. The van der Waals surface area contributed by atoms with Crippen molar-refractivity contribution in [3.05, 3.63) is 114 Å². The normalized spacial score (nSPS) is 14.2. The number of halogens is 1. The van der Waals surface area contributed by atoms with Gasteiger partial charge in [-0.05, 0) is 82.9 Å². The van der Waals surface area contributed by atoms with Crippen LogP contribution >= 0.6 is 0 Å². The summed E-state index contributed by atoms with van der Waals surface area (Å²) in [5, 5.41) is 4.25. The number of furan rings is 1. The van der Waals surface area contributed by atoms with Crippen LogP contribution in [0.2, 0.25) is 0 Å². The maximum absolute atomic E-state index is 14.1. The average molecular weight is 468 g/mol. The first-order valence-corrected chi connectivity index (χ1v) is 12.3. The van der Waals surface area contributed by atoms with Crippen molar-refractivity contribution in [2.45, 2.75) is 19.3 Å². The third-order valence-corrected chi connectivity index (χ3v) is 8.03. The summed E-state index contributed by atoms with van der Waals surface area (Å²) < 4.78 is 22.6. The van der Waals surface area contributed by atoms with E-state index < -0.39 is 0 Å². The number of rotatable bonds is 1. The maximum Gasteiger partial charge on any atom is 0.135 e. The maximum atomic E-state index is 14.1. The van der Waals surface area contributed by atoms with Gasteiger partial charge >= 0.3 is 0 Å². The zero-order valence-electron chi connectivity index (χ0n) is 20.0. The predicted molar refractivity (Wildman–Crippen MR) is 146 cm³/mol. The van der Waals surface area contributed by atoms with Crippen molar-refractivity contribution in [1.82, 2.24) is 4.57 Å². The fraction of sp³-hybridized carbons (Fsp3) is 0.0909. The molecule has 2 nitrogen and oxygen atoms in total. The molecule has 0 radical (unpaired) electrons. The molecule has 1 aliphatic rings. The average Bonchev–Trinajstić information content (AvgIpc) is 3.48. The summed E-state index contributed by atoms with van der Waals surface area (Å²) in [6.07, 6.45) is 0. The molecule has 3 heteroatoms. The van der Waals surface area contributed by atoms with Crippen LogP contribution < -0.4 is 0 Å². The summed E-state index contributed by atoms with van der Waals surface area (Å²) >= 11 is 0. The lowest BCUT2D eigenvalue weighted by Crippen LogP contribution is -2.15. The van der Waals surface area contributed by atoms with Crippen LogP contribution in [-0.2, 0) is 5.41 Å². The van der Waals surface area contributed by atoms with Gasteiger partial charge < -0.3 is 8.98 Å². The summed E-state index contributed by atoms with van der Waals surface area (Å²) in [6.45, 7) is 4.57. The Morgan fingerprint density at radius 1 is 0.611 bits per heavy atom. The van der Waals surface area contributed by atoms with Crippen molar-refractivity contribution >= 4 is 43.7 Å². The summed E-state index contributed by atoms with van der Waals surface area (Å²) in [5.41, 5.74) is 9.87. The van der Waals surface area contributed by atoms with Gasteiger partial charge in [0.15, 0.2) is 0 Å². The lowest BCUT2D eigenvalue weighted by molar-refractivity contribution is 0.625. The number of fused-ring (bicyclic) bond motifs is 9. The van der Waals surface area contributed by atoms with E-state index in [0.717, 1.165) is 27.6 Å². The standard InChI is InChI=1S/C33H22FNO/c1-33(2)27-17-30-24(21-10-6-7-11-29(21)35(30)20-8-4-3-5-9-20)15-22(27)23-16-26-25-14-19(34)12-13-31(25)36-32(26)18-28(23)33/h3-18H,1-2H3. The van der Waals surface area contributed by atoms with E-state index in [1.54, 1.807) is 12.1 Å². The third-order valence-electron chi connectivity index (χ3n) is 8.03. The molecule has 0 saturated carbocycles. The Morgan fingerprint density at radius 3 is 2.14 bits per heavy atom. The van der Waals surface area contributed by atoms with Gasteiger partial charge in [0.2, 0.25) is 0 Å². The summed E-state index contributed by atoms with van der Waals surface area (Å²) in [4.78, 5) is 0. The summed E-state index contributed by atoms with van der Waals surface area (Å²) in [5.74, 6) is -0.248. The second-order valence-corrected chi connectivity index (χ2v) is 10.4. The molecule has 36 heavy (non-hydrogen) atoms. The number of nitrogens with zero attached hydrogens (tertiary/aromatic N) is 1. The van der Waals surface area contributed by atoms with Gasteiger partial charge in [-0.25, -0.2) is 4.39 Å². The second-order valence-electron chi connectivity index (χ2n) is 10.4. The van der Waals surface area contributed by atoms with Crippen molar-refractivity contribution in [1.29, 1.82) is 0 Å². The molecule has 7 aromatic rings. The lowest BCUT2D eigenvalue weighted by Gasteiger charge is -2.21. The van der Waals surface area contributed by atoms with Crippen molar-refractivity contribution < 1.29 is 8.81 Å². The molecule has 5 aromatic carbocycles. The largest absolute Gasteiger partial charge is 0.456 e. The highest BCUT2D eigenvalue weighted by molar-refractivity contribution is 6.13. The van der Waals surface area contributed by atoms with Crippen LogP contribution in [0.5, 0.6) is 0 Å². The van der Waals surface area contributed by atoms with Gasteiger partial charge in [0.25, 0.3) is 0 Å². The Bertz CT molecular complexity index is 2020. The van der Waals surface area contributed by atoms with Gasteiger partial charge in [0.05, 0.1) is 11.0 Å². The molecule has 0 spiro atoms. The van der Waals surface area contributed by atoms with E-state index in [2.05, 4.69) is 97.3 Å². The molecular weight excluding hydrogens is 445 g/mol. The molecule has 0 bridgehead atoms. The molecule has 2 aromatic heterocycles. The molecule has 0 aliphatic heterocycles. The van der Waals surface area contributed by atoms with E-state index in [1.165, 1.54) is 50.1 Å². The summed E-state index contributed by atoms with van der Waals surface area (Å²) in [6, 6.07) is 33.0. The molecule has 2 heterocycles. The van der Waals surface area contributed by atoms with E-state index in [4.69, 9.17) is 4.42 Å². The fourth-order valence-corrected chi connectivity index (χ4v) is 6.29. The van der Waals surface area contributed by atoms with Crippen LogP contribution in [0, 0.1) is 5.82 Å². The van der Waals surface area contributed by atoms with Gasteiger partial charge in [0, 0.05) is 32.6 Å². The zero-order valence-corrected chi connectivity index (χ0v) is 20.0. The highest BCUT2D eigenvalue weighted by Crippen LogP contribution is 2.52. The Kier molecular flexibility index (Phi) is 3.67. The van der Waals surface area contributed by atoms with E-state index in [-0.39, 0.29) is 11.2 Å². The second kappa shape index (κ2) is 6.64. The van der Waals surface area contributed by atoms with Gasteiger partial charge in [-0.2, -0.15) is 0 Å². The van der Waals surface area contributed by atoms with Crippen LogP contribution in [0.1, 0.15) is 25.0 Å². The van der Waals surface area contributed by atoms with Crippen LogP contribution in [-0.4, -0.2) is 4.57 Å². The van der Waals surface area contributed by atoms with Gasteiger partial charge in [-0.3, -0.25) is 0 Å². The van der Waals surface area contributed by atoms with Gasteiger partial charge in [0.1, 0.15) is 17.0 Å². The molecule has 0 amide bonds. The van der Waals surface area contributed by atoms with Gasteiger partial charge in [-0.15, -0.1) is 0 Å². The number of hydrogen-bond acceptors (Lipinski definition) is 1. The molecule has 0 atom stereocenters. The van der Waals surface area contributed by atoms with E-state index >= 15 is 0 Å². The Hall–Kier alpha value is -4.37. The minimum Gasteiger partial charge on any atom is -0.456 e. The molecule has 172 valence electrons. The smallest absolute Gasteiger partial charge is 0.135 e. The first-order valence-electron chi connectivity index (χ1n) is 12.3. The lowest BCUT2D eigenvalue weighted by atomic mass is 9.82. The zero-order chi connectivity index (χ0) is 24.2. The highest BCUT2D eigenvalue weighted by Gasteiger charge is 2.37. The molecule has 0 N–H and O–H groups in total. The van der Waals surface area contributed by atoms with Crippen molar-refractivity contribution in [2.75, 3.05) is 0 Å². The number of aromatic nitrogens is 1. The van der Waals surface area contributed by atoms with E-state index in [1.807, 2.05) is 0 Å². The SMILES string of the molecule is CC1(C)c2cc3oc4ccc(F)cc4c3cc2-c2cc3c4ccccc4n(-c4ccccc4)c3cc21. The fourth-order valence-electron chi connectivity index (χ4n) is 6.29. The van der Waals surface area contributed by atoms with Crippen LogP contribution in [0.4, 0.5) is 4.39 Å². The molecule has 8 rings (SSSR count). The topological polar surface area (TPSA) is 18.1 Å². The van der Waals surface area contributed by atoms with Crippen molar-refractivity contribution in [3.8, 4) is 16.8 Å².